The lowest BCUT2D eigenvalue weighted by molar-refractivity contribution is -0.133. The van der Waals surface area contributed by atoms with E-state index in [2.05, 4.69) is 5.32 Å². The molecule has 0 aromatic heterocycles. The Hall–Kier alpha value is -1.85. The zero-order valence-electron chi connectivity index (χ0n) is 9.68. The van der Waals surface area contributed by atoms with Crippen molar-refractivity contribution in [1.29, 1.82) is 0 Å². The first kappa shape index (κ1) is 13.2. The van der Waals surface area contributed by atoms with Crippen LogP contribution in [0.3, 0.4) is 0 Å². The van der Waals surface area contributed by atoms with Gasteiger partial charge in [-0.2, -0.15) is 0 Å². The highest BCUT2D eigenvalue weighted by atomic mass is 16.4. The van der Waals surface area contributed by atoms with Gasteiger partial charge >= 0.3 is 5.97 Å². The first-order valence-corrected chi connectivity index (χ1v) is 5.46. The molecule has 0 spiro atoms. The van der Waals surface area contributed by atoms with Crippen LogP contribution in [0, 0.1) is 5.92 Å². The van der Waals surface area contributed by atoms with Gasteiger partial charge < -0.3 is 15.3 Å². The number of carboxylic acid groups (broad SMARTS) is 1. The second-order valence-corrected chi connectivity index (χ2v) is 3.89. The summed E-state index contributed by atoms with van der Waals surface area (Å²) in [7, 11) is 1.59. The number of piperidine rings is 1. The molecule has 1 saturated heterocycles. The van der Waals surface area contributed by atoms with Gasteiger partial charge in [-0.3, -0.25) is 9.59 Å². The predicted molar refractivity (Wildman–Crippen MR) is 60.1 cm³/mol. The number of carbonyl (C=O) groups excluding carboxylic acids is 2. The molecule has 2 amide bonds. The van der Waals surface area contributed by atoms with Crippen molar-refractivity contribution in [2.75, 3.05) is 20.1 Å². The molecule has 1 aliphatic heterocycles. The van der Waals surface area contributed by atoms with Crippen LogP contribution in [0.15, 0.2) is 12.2 Å². The Morgan fingerprint density at radius 3 is 2.29 bits per heavy atom. The number of aliphatic carboxylic acids is 1. The molecule has 1 aliphatic rings. The summed E-state index contributed by atoms with van der Waals surface area (Å²) in [4.78, 5) is 34.7. The van der Waals surface area contributed by atoms with Crippen LogP contribution in [0.2, 0.25) is 0 Å². The lowest BCUT2D eigenvalue weighted by Crippen LogP contribution is -2.41. The minimum Gasteiger partial charge on any atom is -0.478 e. The Kier molecular flexibility index (Phi) is 4.68. The smallest absolute Gasteiger partial charge is 0.328 e. The molecule has 0 bridgehead atoms. The Balaban J connectivity index is 2.44. The summed E-state index contributed by atoms with van der Waals surface area (Å²) in [6, 6.07) is 0. The molecule has 1 heterocycles. The molecule has 1 rings (SSSR count). The van der Waals surface area contributed by atoms with Crippen LogP contribution < -0.4 is 5.32 Å². The number of likely N-dealkylation sites (tertiary alicyclic amines) is 1. The first-order chi connectivity index (χ1) is 8.04. The quantitative estimate of drug-likeness (QED) is 0.658. The monoisotopic (exact) mass is 240 g/mol. The van der Waals surface area contributed by atoms with E-state index in [1.165, 1.54) is 0 Å². The SMILES string of the molecule is CNC(=O)C1CCN(C(=O)/C=C/C(=O)O)CC1. The molecular formula is C11H16N2O4. The van der Waals surface area contributed by atoms with Gasteiger partial charge in [-0.15, -0.1) is 0 Å². The minimum atomic E-state index is -1.14. The van der Waals surface area contributed by atoms with Crippen molar-refractivity contribution in [1.82, 2.24) is 10.2 Å². The van der Waals surface area contributed by atoms with E-state index in [1.54, 1.807) is 11.9 Å². The van der Waals surface area contributed by atoms with Gasteiger partial charge in [-0.05, 0) is 12.8 Å². The molecule has 0 aromatic rings. The molecule has 0 radical (unpaired) electrons. The van der Waals surface area contributed by atoms with Gasteiger partial charge in [0.25, 0.3) is 0 Å². The number of hydrogen-bond acceptors (Lipinski definition) is 3. The summed E-state index contributed by atoms with van der Waals surface area (Å²) < 4.78 is 0. The zero-order valence-corrected chi connectivity index (χ0v) is 9.68. The number of carboxylic acids is 1. The molecule has 1 fully saturated rings. The summed E-state index contributed by atoms with van der Waals surface area (Å²) in [5.41, 5.74) is 0. The molecule has 0 atom stereocenters. The lowest BCUT2D eigenvalue weighted by atomic mass is 9.96. The maximum absolute atomic E-state index is 11.5. The summed E-state index contributed by atoms with van der Waals surface area (Å²) >= 11 is 0. The van der Waals surface area contributed by atoms with Crippen LogP contribution in [0.25, 0.3) is 0 Å². The Labute approximate surface area is 99.3 Å². The highest BCUT2D eigenvalue weighted by Gasteiger charge is 2.25. The van der Waals surface area contributed by atoms with E-state index in [-0.39, 0.29) is 17.7 Å². The Morgan fingerprint density at radius 2 is 1.82 bits per heavy atom. The number of hydrogen-bond donors (Lipinski definition) is 2. The van der Waals surface area contributed by atoms with Crippen LogP contribution in [0.4, 0.5) is 0 Å². The first-order valence-electron chi connectivity index (χ1n) is 5.46. The topological polar surface area (TPSA) is 86.7 Å². The van der Waals surface area contributed by atoms with Crippen molar-refractivity contribution in [3.63, 3.8) is 0 Å². The van der Waals surface area contributed by atoms with E-state index >= 15 is 0 Å². The normalized spacial score (nSPS) is 17.1. The third-order valence-electron chi connectivity index (χ3n) is 2.79. The Morgan fingerprint density at radius 1 is 1.24 bits per heavy atom. The average Bonchev–Trinajstić information content (AvgIpc) is 2.35. The molecule has 0 saturated carbocycles. The van der Waals surface area contributed by atoms with Gasteiger partial charge in [0.1, 0.15) is 0 Å². The lowest BCUT2D eigenvalue weighted by Gasteiger charge is -2.30. The molecular weight excluding hydrogens is 224 g/mol. The van der Waals surface area contributed by atoms with Crippen LogP contribution in [0.5, 0.6) is 0 Å². The van der Waals surface area contributed by atoms with E-state index < -0.39 is 5.97 Å². The molecule has 0 unspecified atom stereocenters. The van der Waals surface area contributed by atoms with Gasteiger partial charge in [0.2, 0.25) is 11.8 Å². The molecule has 94 valence electrons. The molecule has 17 heavy (non-hydrogen) atoms. The molecule has 2 N–H and O–H groups in total. The summed E-state index contributed by atoms with van der Waals surface area (Å²) in [5.74, 6) is -1.51. The maximum atomic E-state index is 11.5. The standard InChI is InChI=1S/C11H16N2O4/c1-12-11(17)8-4-6-13(7-5-8)9(14)2-3-10(15)16/h2-3,8H,4-7H2,1H3,(H,12,17)(H,15,16)/b3-2+. The number of rotatable bonds is 3. The fraction of sp³-hybridized carbons (Fsp3) is 0.545. The molecule has 0 aromatic carbocycles. The maximum Gasteiger partial charge on any atom is 0.328 e. The van der Waals surface area contributed by atoms with Crippen LogP contribution >= 0.6 is 0 Å². The molecule has 0 aliphatic carbocycles. The van der Waals surface area contributed by atoms with Crippen molar-refractivity contribution in [2.45, 2.75) is 12.8 Å². The summed E-state index contributed by atoms with van der Waals surface area (Å²) in [6.45, 7) is 0.974. The van der Waals surface area contributed by atoms with Gasteiger partial charge in [-0.1, -0.05) is 0 Å². The van der Waals surface area contributed by atoms with E-state index in [1.807, 2.05) is 0 Å². The van der Waals surface area contributed by atoms with Gasteiger partial charge in [-0.25, -0.2) is 4.79 Å². The van der Waals surface area contributed by atoms with Gasteiger partial charge in [0.15, 0.2) is 0 Å². The summed E-state index contributed by atoms with van der Waals surface area (Å²) in [6.07, 6.45) is 3.11. The van der Waals surface area contributed by atoms with E-state index in [0.29, 0.717) is 25.9 Å². The minimum absolute atomic E-state index is 0.00169. The average molecular weight is 240 g/mol. The third kappa shape index (κ3) is 3.90. The fourth-order valence-electron chi connectivity index (χ4n) is 1.81. The van der Waals surface area contributed by atoms with Crippen LogP contribution in [0.1, 0.15) is 12.8 Å². The van der Waals surface area contributed by atoms with Crippen LogP contribution in [-0.4, -0.2) is 47.9 Å². The molecule has 6 nitrogen and oxygen atoms in total. The second kappa shape index (κ2) is 6.03. The Bertz CT molecular complexity index is 343. The van der Waals surface area contributed by atoms with E-state index in [9.17, 15) is 14.4 Å². The van der Waals surface area contributed by atoms with Crippen molar-refractivity contribution >= 4 is 17.8 Å². The summed E-state index contributed by atoms with van der Waals surface area (Å²) in [5, 5.41) is 11.0. The van der Waals surface area contributed by atoms with Gasteiger partial charge in [0, 0.05) is 38.2 Å². The fourth-order valence-corrected chi connectivity index (χ4v) is 1.81. The number of amides is 2. The molecule has 6 heteroatoms. The number of carbonyl (C=O) groups is 3. The zero-order chi connectivity index (χ0) is 12.8. The second-order valence-electron chi connectivity index (χ2n) is 3.89. The number of nitrogens with one attached hydrogen (secondary N) is 1. The van der Waals surface area contributed by atoms with Gasteiger partial charge in [0.05, 0.1) is 0 Å². The van der Waals surface area contributed by atoms with Crippen molar-refractivity contribution in [3.05, 3.63) is 12.2 Å². The van der Waals surface area contributed by atoms with E-state index in [4.69, 9.17) is 5.11 Å². The van der Waals surface area contributed by atoms with Crippen molar-refractivity contribution < 1.29 is 19.5 Å². The van der Waals surface area contributed by atoms with Crippen LogP contribution in [-0.2, 0) is 14.4 Å². The predicted octanol–water partition coefficient (Wildman–Crippen LogP) is -0.388. The van der Waals surface area contributed by atoms with Crippen molar-refractivity contribution in [2.24, 2.45) is 5.92 Å². The van der Waals surface area contributed by atoms with Crippen molar-refractivity contribution in [3.8, 4) is 0 Å². The largest absolute Gasteiger partial charge is 0.478 e. The highest BCUT2D eigenvalue weighted by molar-refractivity contribution is 5.94. The number of nitrogens with zero attached hydrogens (tertiary/aromatic N) is 1. The third-order valence-corrected chi connectivity index (χ3v) is 2.79. The highest BCUT2D eigenvalue weighted by Crippen LogP contribution is 2.17. The van der Waals surface area contributed by atoms with E-state index in [0.717, 1.165) is 12.2 Å².